The Morgan fingerprint density at radius 2 is 2.06 bits per heavy atom. The van der Waals surface area contributed by atoms with Crippen molar-refractivity contribution in [2.75, 3.05) is 38.0 Å². The normalized spacial score (nSPS) is 17.4. The van der Waals surface area contributed by atoms with Crippen molar-refractivity contribution in [3.05, 3.63) is 41.6 Å². The second-order valence-corrected chi connectivity index (χ2v) is 10.2. The van der Waals surface area contributed by atoms with E-state index in [0.29, 0.717) is 18.9 Å². The molecule has 0 radical (unpaired) electrons. The first kappa shape index (κ1) is 21.7. The molecule has 2 N–H and O–H groups in total. The molecule has 4 rings (SSSR count). The van der Waals surface area contributed by atoms with Gasteiger partial charge in [0.1, 0.15) is 5.82 Å². The Morgan fingerprint density at radius 1 is 1.23 bits per heavy atom. The van der Waals surface area contributed by atoms with Crippen LogP contribution in [0.25, 0.3) is 22.4 Å². The maximum atomic E-state index is 12.0. The van der Waals surface area contributed by atoms with Crippen LogP contribution >= 0.6 is 0 Å². The van der Waals surface area contributed by atoms with Gasteiger partial charge in [0.15, 0.2) is 9.84 Å². The molecule has 166 valence electrons. The number of nitrogens with zero attached hydrogens (tertiary/aromatic N) is 3. The molecule has 0 saturated carbocycles. The number of aromatic amines is 1. The van der Waals surface area contributed by atoms with Crippen molar-refractivity contribution in [2.24, 2.45) is 0 Å². The smallest absolute Gasteiger partial charge is 0.151 e. The molecule has 0 aromatic carbocycles. The molecule has 0 unspecified atom stereocenters. The van der Waals surface area contributed by atoms with Gasteiger partial charge in [-0.1, -0.05) is 6.92 Å². The third kappa shape index (κ3) is 5.06. The zero-order valence-electron chi connectivity index (χ0n) is 18.2. The highest BCUT2D eigenvalue weighted by molar-refractivity contribution is 7.89. The number of nitrogens with one attached hydrogen (secondary N) is 2. The number of fused-ring (bicyclic) bond motifs is 1. The van der Waals surface area contributed by atoms with E-state index in [1.165, 1.54) is 6.26 Å². The van der Waals surface area contributed by atoms with E-state index < -0.39 is 9.84 Å². The molecule has 31 heavy (non-hydrogen) atoms. The predicted molar refractivity (Wildman–Crippen MR) is 123 cm³/mol. The topological polar surface area (TPSA) is 100 Å². The minimum absolute atomic E-state index is 0.0324. The lowest BCUT2D eigenvalue weighted by Crippen LogP contribution is -2.45. The van der Waals surface area contributed by atoms with Gasteiger partial charge in [-0.25, -0.2) is 18.4 Å². The molecule has 0 bridgehead atoms. The van der Waals surface area contributed by atoms with Crippen LogP contribution in [0.2, 0.25) is 0 Å². The zero-order valence-corrected chi connectivity index (χ0v) is 19.0. The number of ether oxygens (including phenoxy) is 1. The lowest BCUT2D eigenvalue weighted by atomic mass is 10.1. The number of rotatable bonds is 7. The Bertz CT molecular complexity index is 1180. The summed E-state index contributed by atoms with van der Waals surface area (Å²) in [5, 5.41) is 3.13. The minimum atomic E-state index is -3.18. The summed E-state index contributed by atoms with van der Waals surface area (Å²) in [7, 11) is -1.28. The van der Waals surface area contributed by atoms with Gasteiger partial charge in [0.25, 0.3) is 0 Å². The van der Waals surface area contributed by atoms with Gasteiger partial charge in [-0.2, -0.15) is 0 Å². The average molecular weight is 444 g/mol. The van der Waals surface area contributed by atoms with E-state index in [9.17, 15) is 8.42 Å². The number of sulfone groups is 1. The van der Waals surface area contributed by atoms with Crippen LogP contribution in [-0.2, 0) is 26.9 Å². The molecule has 9 heteroatoms. The van der Waals surface area contributed by atoms with Gasteiger partial charge in [0, 0.05) is 25.0 Å². The highest BCUT2D eigenvalue weighted by Crippen LogP contribution is 2.27. The van der Waals surface area contributed by atoms with E-state index in [-0.39, 0.29) is 11.8 Å². The number of aromatic nitrogens is 3. The SMILES string of the molecule is CC[C@H]1COCCN1c1cc(CS(C)(=O)=O)cc(-c2ccc3[nH]c(CNC)cc3n2)n1. The van der Waals surface area contributed by atoms with E-state index in [2.05, 4.69) is 22.1 Å². The maximum absolute atomic E-state index is 12.0. The van der Waals surface area contributed by atoms with Crippen molar-refractivity contribution in [1.29, 1.82) is 0 Å². The molecule has 4 heterocycles. The monoisotopic (exact) mass is 443 g/mol. The summed E-state index contributed by atoms with van der Waals surface area (Å²) in [6.45, 7) is 4.85. The molecule has 0 amide bonds. The van der Waals surface area contributed by atoms with Crippen LogP contribution in [0.5, 0.6) is 0 Å². The van der Waals surface area contributed by atoms with Crippen molar-refractivity contribution >= 4 is 26.7 Å². The van der Waals surface area contributed by atoms with Gasteiger partial charge >= 0.3 is 0 Å². The molecule has 1 fully saturated rings. The summed E-state index contributed by atoms with van der Waals surface area (Å²) in [5.74, 6) is 0.744. The van der Waals surface area contributed by atoms with E-state index in [4.69, 9.17) is 14.7 Å². The van der Waals surface area contributed by atoms with E-state index in [0.717, 1.165) is 53.3 Å². The summed E-state index contributed by atoms with van der Waals surface area (Å²) < 4.78 is 29.7. The lowest BCUT2D eigenvalue weighted by molar-refractivity contribution is 0.0926. The molecule has 1 aliphatic rings. The summed E-state index contributed by atoms with van der Waals surface area (Å²) in [6.07, 6.45) is 2.18. The van der Waals surface area contributed by atoms with Crippen molar-refractivity contribution in [3.8, 4) is 11.4 Å². The van der Waals surface area contributed by atoms with E-state index in [1.807, 2.05) is 37.4 Å². The van der Waals surface area contributed by atoms with Gasteiger partial charge in [-0.05, 0) is 49.4 Å². The van der Waals surface area contributed by atoms with Gasteiger partial charge < -0.3 is 19.9 Å². The number of hydrogen-bond donors (Lipinski definition) is 2. The Kier molecular flexibility index (Phi) is 6.27. The second kappa shape index (κ2) is 8.94. The van der Waals surface area contributed by atoms with Crippen LogP contribution in [0.15, 0.2) is 30.3 Å². The Morgan fingerprint density at radius 3 is 2.81 bits per heavy atom. The van der Waals surface area contributed by atoms with Gasteiger partial charge in [-0.15, -0.1) is 0 Å². The van der Waals surface area contributed by atoms with Gasteiger partial charge in [0.05, 0.1) is 47.4 Å². The average Bonchev–Trinajstić information content (AvgIpc) is 3.14. The van der Waals surface area contributed by atoms with Crippen LogP contribution in [-0.4, -0.2) is 62.5 Å². The number of hydrogen-bond acceptors (Lipinski definition) is 7. The second-order valence-electron chi connectivity index (χ2n) is 8.07. The molecule has 3 aromatic heterocycles. The first-order valence-corrected chi connectivity index (χ1v) is 12.6. The minimum Gasteiger partial charge on any atom is -0.377 e. The molecule has 1 saturated heterocycles. The number of morpholine rings is 1. The molecule has 3 aromatic rings. The zero-order chi connectivity index (χ0) is 22.0. The molecule has 8 nitrogen and oxygen atoms in total. The van der Waals surface area contributed by atoms with Crippen molar-refractivity contribution in [2.45, 2.75) is 31.7 Å². The third-order valence-electron chi connectivity index (χ3n) is 5.45. The van der Waals surface area contributed by atoms with Crippen LogP contribution in [0.4, 0.5) is 5.82 Å². The molecule has 0 aliphatic carbocycles. The van der Waals surface area contributed by atoms with Crippen molar-refractivity contribution in [1.82, 2.24) is 20.3 Å². The summed E-state index contributed by atoms with van der Waals surface area (Å²) in [5.41, 5.74) is 4.99. The highest BCUT2D eigenvalue weighted by Gasteiger charge is 2.24. The number of anilines is 1. The molecular formula is C22H29N5O3S. The third-order valence-corrected chi connectivity index (χ3v) is 6.31. The fourth-order valence-corrected chi connectivity index (χ4v) is 4.80. The predicted octanol–water partition coefficient (Wildman–Crippen LogP) is 2.50. The molecule has 1 atom stereocenters. The summed E-state index contributed by atoms with van der Waals surface area (Å²) in [6, 6.07) is 9.87. The maximum Gasteiger partial charge on any atom is 0.151 e. The Labute approximate surface area is 183 Å². The standard InChI is InChI=1S/C22H29N5O3S/c1-4-17-13-30-8-7-27(17)22-10-15(14-31(3,28)29)9-20(26-22)19-6-5-18-21(25-19)11-16(24-18)12-23-2/h5-6,9-11,17,23-24H,4,7-8,12-14H2,1-3H3/t17-/m0/s1. The first-order chi connectivity index (χ1) is 14.9. The Balaban J connectivity index is 1.78. The van der Waals surface area contributed by atoms with Crippen molar-refractivity contribution < 1.29 is 13.2 Å². The fourth-order valence-electron chi connectivity index (χ4n) is 4.02. The lowest BCUT2D eigenvalue weighted by Gasteiger charge is -2.36. The highest BCUT2D eigenvalue weighted by atomic mass is 32.2. The summed E-state index contributed by atoms with van der Waals surface area (Å²) >= 11 is 0. The van der Waals surface area contributed by atoms with E-state index in [1.54, 1.807) is 0 Å². The van der Waals surface area contributed by atoms with Gasteiger partial charge in [-0.3, -0.25) is 0 Å². The van der Waals surface area contributed by atoms with Gasteiger partial charge in [0.2, 0.25) is 0 Å². The quantitative estimate of drug-likeness (QED) is 0.579. The van der Waals surface area contributed by atoms with Crippen LogP contribution in [0, 0.1) is 0 Å². The molecule has 1 aliphatic heterocycles. The van der Waals surface area contributed by atoms with Crippen LogP contribution in [0.1, 0.15) is 24.6 Å². The molecular weight excluding hydrogens is 414 g/mol. The largest absolute Gasteiger partial charge is 0.377 e. The van der Waals surface area contributed by atoms with Crippen molar-refractivity contribution in [3.63, 3.8) is 0 Å². The summed E-state index contributed by atoms with van der Waals surface area (Å²) in [4.78, 5) is 15.3. The van der Waals surface area contributed by atoms with E-state index >= 15 is 0 Å². The first-order valence-electron chi connectivity index (χ1n) is 10.5. The Hall–Kier alpha value is -2.49. The van der Waals surface area contributed by atoms with Crippen LogP contribution in [0.3, 0.4) is 0 Å². The fraction of sp³-hybridized carbons (Fsp3) is 0.455. The molecule has 0 spiro atoms. The number of pyridine rings is 2. The number of H-pyrrole nitrogens is 1. The van der Waals surface area contributed by atoms with Crippen LogP contribution < -0.4 is 10.2 Å².